The van der Waals surface area contributed by atoms with Crippen molar-refractivity contribution in [2.75, 3.05) is 24.6 Å². The number of aliphatic hydroxyl groups excluding tert-OH is 1. The second kappa shape index (κ2) is 6.42. The van der Waals surface area contributed by atoms with Crippen molar-refractivity contribution in [3.05, 3.63) is 33.3 Å². The average Bonchev–Trinajstić information content (AvgIpc) is 2.28. The van der Waals surface area contributed by atoms with Gasteiger partial charge >= 0.3 is 5.69 Å². The van der Waals surface area contributed by atoms with Crippen LogP contribution >= 0.6 is 11.6 Å². The van der Waals surface area contributed by atoms with E-state index in [-0.39, 0.29) is 17.3 Å². The van der Waals surface area contributed by atoms with E-state index in [0.717, 1.165) is 6.42 Å². The molecule has 0 heterocycles. The van der Waals surface area contributed by atoms with Crippen molar-refractivity contribution in [3.8, 4) is 0 Å². The SMILES string of the molecule is CCCN(CCO)c1cccc(Cl)c1[N+](=O)[O-]. The molecule has 0 saturated heterocycles. The first-order chi connectivity index (χ1) is 8.11. The molecule has 1 aromatic carbocycles. The molecule has 0 aliphatic heterocycles. The van der Waals surface area contributed by atoms with E-state index in [1.54, 1.807) is 17.0 Å². The Kier molecular flexibility index (Phi) is 5.18. The maximum atomic E-state index is 11.0. The van der Waals surface area contributed by atoms with Gasteiger partial charge in [0, 0.05) is 13.1 Å². The van der Waals surface area contributed by atoms with Gasteiger partial charge in [0.15, 0.2) is 0 Å². The van der Waals surface area contributed by atoms with Gasteiger partial charge in [0.2, 0.25) is 0 Å². The molecule has 0 radical (unpaired) electrons. The van der Waals surface area contributed by atoms with E-state index in [1.807, 2.05) is 6.92 Å². The number of nitro benzene ring substituents is 1. The molecule has 6 heteroatoms. The maximum absolute atomic E-state index is 11.0. The molecule has 5 nitrogen and oxygen atoms in total. The first-order valence-corrected chi connectivity index (χ1v) is 5.78. The summed E-state index contributed by atoms with van der Waals surface area (Å²) in [5.74, 6) is 0. The van der Waals surface area contributed by atoms with Crippen molar-refractivity contribution in [1.29, 1.82) is 0 Å². The van der Waals surface area contributed by atoms with Crippen LogP contribution in [0.1, 0.15) is 13.3 Å². The Morgan fingerprint density at radius 2 is 2.18 bits per heavy atom. The Balaban J connectivity index is 3.17. The number of anilines is 1. The van der Waals surface area contributed by atoms with Gasteiger partial charge in [-0.25, -0.2) is 0 Å². The van der Waals surface area contributed by atoms with Crippen molar-refractivity contribution >= 4 is 23.0 Å². The van der Waals surface area contributed by atoms with Crippen LogP contribution < -0.4 is 4.90 Å². The molecule has 0 saturated carbocycles. The Hall–Kier alpha value is -1.33. The van der Waals surface area contributed by atoms with Crippen LogP contribution in [0.3, 0.4) is 0 Å². The van der Waals surface area contributed by atoms with Crippen LogP contribution in [0.5, 0.6) is 0 Å². The predicted molar refractivity (Wildman–Crippen MR) is 67.7 cm³/mol. The van der Waals surface area contributed by atoms with E-state index in [2.05, 4.69) is 0 Å². The number of nitrogens with zero attached hydrogens (tertiary/aromatic N) is 2. The van der Waals surface area contributed by atoms with Gasteiger partial charge < -0.3 is 10.0 Å². The number of aliphatic hydroxyl groups is 1. The Labute approximate surface area is 105 Å². The van der Waals surface area contributed by atoms with Crippen molar-refractivity contribution in [2.24, 2.45) is 0 Å². The third-order valence-electron chi connectivity index (χ3n) is 2.35. The molecule has 0 aliphatic carbocycles. The summed E-state index contributed by atoms with van der Waals surface area (Å²) in [5.41, 5.74) is 0.356. The van der Waals surface area contributed by atoms with Crippen molar-refractivity contribution in [3.63, 3.8) is 0 Å². The largest absolute Gasteiger partial charge is 0.395 e. The lowest BCUT2D eigenvalue weighted by molar-refractivity contribution is -0.384. The summed E-state index contributed by atoms with van der Waals surface area (Å²) in [4.78, 5) is 12.3. The topological polar surface area (TPSA) is 66.6 Å². The molecule has 0 bridgehead atoms. The van der Waals surface area contributed by atoms with E-state index in [1.165, 1.54) is 6.07 Å². The quantitative estimate of drug-likeness (QED) is 0.629. The van der Waals surface area contributed by atoms with E-state index < -0.39 is 4.92 Å². The lowest BCUT2D eigenvalue weighted by Crippen LogP contribution is -2.28. The van der Waals surface area contributed by atoms with Crippen LogP contribution in [0.15, 0.2) is 18.2 Å². The number of hydrogen-bond acceptors (Lipinski definition) is 4. The van der Waals surface area contributed by atoms with Crippen molar-refractivity contribution in [1.82, 2.24) is 0 Å². The lowest BCUT2D eigenvalue weighted by Gasteiger charge is -2.23. The van der Waals surface area contributed by atoms with Crippen LogP contribution in [0.25, 0.3) is 0 Å². The second-order valence-corrected chi connectivity index (χ2v) is 3.98. The zero-order valence-electron chi connectivity index (χ0n) is 9.60. The van der Waals surface area contributed by atoms with Crippen LogP contribution in [-0.4, -0.2) is 29.7 Å². The van der Waals surface area contributed by atoms with Crippen LogP contribution in [0.4, 0.5) is 11.4 Å². The summed E-state index contributed by atoms with van der Waals surface area (Å²) in [6.07, 6.45) is 0.837. The Bertz CT molecular complexity index is 392. The molecule has 1 rings (SSSR count). The third-order valence-corrected chi connectivity index (χ3v) is 2.66. The molecule has 0 unspecified atom stereocenters. The standard InChI is InChI=1S/C11H15ClN2O3/c1-2-6-13(7-8-15)10-5-3-4-9(12)11(10)14(16)17/h3-5,15H,2,6-8H2,1H3. The van der Waals surface area contributed by atoms with Gasteiger partial charge in [-0.1, -0.05) is 24.6 Å². The molecule has 0 aromatic heterocycles. The zero-order valence-corrected chi connectivity index (χ0v) is 10.4. The number of benzene rings is 1. The van der Waals surface area contributed by atoms with Gasteiger partial charge in [-0.15, -0.1) is 0 Å². The molecule has 1 N–H and O–H groups in total. The number of nitro groups is 1. The molecular weight excluding hydrogens is 244 g/mol. The fourth-order valence-corrected chi connectivity index (χ4v) is 1.92. The number of halogens is 1. The minimum atomic E-state index is -0.488. The summed E-state index contributed by atoms with van der Waals surface area (Å²) in [7, 11) is 0. The molecule has 0 aliphatic rings. The van der Waals surface area contributed by atoms with Crippen molar-refractivity contribution in [2.45, 2.75) is 13.3 Å². The summed E-state index contributed by atoms with van der Waals surface area (Å²) in [6, 6.07) is 4.81. The molecule has 0 spiro atoms. The fraction of sp³-hybridized carbons (Fsp3) is 0.455. The first kappa shape index (κ1) is 13.7. The number of para-hydroxylation sites is 1. The summed E-state index contributed by atoms with van der Waals surface area (Å²) < 4.78 is 0. The second-order valence-electron chi connectivity index (χ2n) is 3.58. The van der Waals surface area contributed by atoms with Gasteiger partial charge in [-0.2, -0.15) is 0 Å². The third kappa shape index (κ3) is 3.31. The average molecular weight is 259 g/mol. The highest BCUT2D eigenvalue weighted by Gasteiger charge is 2.22. The zero-order chi connectivity index (χ0) is 12.8. The molecule has 17 heavy (non-hydrogen) atoms. The van der Waals surface area contributed by atoms with E-state index in [4.69, 9.17) is 16.7 Å². The Morgan fingerprint density at radius 3 is 2.71 bits per heavy atom. The van der Waals surface area contributed by atoms with Crippen molar-refractivity contribution < 1.29 is 10.0 Å². The summed E-state index contributed by atoms with van der Waals surface area (Å²) in [6.45, 7) is 2.92. The normalized spacial score (nSPS) is 10.3. The van der Waals surface area contributed by atoms with Gasteiger partial charge in [-0.05, 0) is 18.6 Å². The lowest BCUT2D eigenvalue weighted by atomic mass is 10.2. The van der Waals surface area contributed by atoms with Crippen LogP contribution in [0, 0.1) is 10.1 Å². The molecule has 94 valence electrons. The maximum Gasteiger partial charge on any atom is 0.310 e. The molecule has 0 fully saturated rings. The van der Waals surface area contributed by atoms with Crippen LogP contribution in [0.2, 0.25) is 5.02 Å². The molecule has 1 aromatic rings. The predicted octanol–water partition coefficient (Wildman–Crippen LogP) is 2.46. The first-order valence-electron chi connectivity index (χ1n) is 5.40. The van der Waals surface area contributed by atoms with Gasteiger partial charge in [-0.3, -0.25) is 10.1 Å². The van der Waals surface area contributed by atoms with Gasteiger partial charge in [0.25, 0.3) is 0 Å². The molecule has 0 amide bonds. The number of rotatable bonds is 6. The highest BCUT2D eigenvalue weighted by molar-refractivity contribution is 6.33. The monoisotopic (exact) mass is 258 g/mol. The van der Waals surface area contributed by atoms with Gasteiger partial charge in [0.1, 0.15) is 10.7 Å². The van der Waals surface area contributed by atoms with Gasteiger partial charge in [0.05, 0.1) is 11.5 Å². The minimum absolute atomic E-state index is 0.0519. The van der Waals surface area contributed by atoms with E-state index in [0.29, 0.717) is 18.8 Å². The molecular formula is C11H15ClN2O3. The van der Waals surface area contributed by atoms with Crippen LogP contribution in [-0.2, 0) is 0 Å². The molecule has 0 atom stereocenters. The highest BCUT2D eigenvalue weighted by atomic mass is 35.5. The smallest absolute Gasteiger partial charge is 0.310 e. The number of hydrogen-bond donors (Lipinski definition) is 1. The summed E-state index contributed by atoms with van der Waals surface area (Å²) >= 11 is 5.84. The van der Waals surface area contributed by atoms with E-state index >= 15 is 0 Å². The van der Waals surface area contributed by atoms with E-state index in [9.17, 15) is 10.1 Å². The Morgan fingerprint density at radius 1 is 1.47 bits per heavy atom. The highest BCUT2D eigenvalue weighted by Crippen LogP contribution is 2.34. The summed E-state index contributed by atoms with van der Waals surface area (Å²) in [5, 5.41) is 20.1. The fourth-order valence-electron chi connectivity index (χ4n) is 1.68. The minimum Gasteiger partial charge on any atom is -0.395 e.